The van der Waals surface area contributed by atoms with Gasteiger partial charge in [0.1, 0.15) is 23.1 Å². The molecule has 0 atom stereocenters. The van der Waals surface area contributed by atoms with Gasteiger partial charge in [-0.05, 0) is 36.4 Å². The first-order valence-corrected chi connectivity index (χ1v) is 9.20. The maximum atomic E-state index is 12.2. The third-order valence-electron chi connectivity index (χ3n) is 3.56. The second-order valence-electron chi connectivity index (χ2n) is 5.33. The van der Waals surface area contributed by atoms with Crippen LogP contribution in [-0.2, 0) is 14.9 Å². The molecule has 0 saturated heterocycles. The number of ether oxygens (including phenoxy) is 2. The number of hydrogen-bond donors (Lipinski definition) is 3. The molecular weight excluding hydrogens is 386 g/mol. The first kappa shape index (κ1) is 20.8. The number of nitrogens with zero attached hydrogens (tertiary/aromatic N) is 1. The molecule has 0 fully saturated rings. The Morgan fingerprint density at radius 1 is 1.14 bits per heavy atom. The Morgan fingerprint density at radius 2 is 1.82 bits per heavy atom. The minimum absolute atomic E-state index is 0.225. The van der Waals surface area contributed by atoms with Crippen molar-refractivity contribution in [3.63, 3.8) is 0 Å². The van der Waals surface area contributed by atoms with Crippen molar-refractivity contribution in [3.05, 3.63) is 54.2 Å². The second kappa shape index (κ2) is 8.90. The van der Waals surface area contributed by atoms with E-state index >= 15 is 0 Å². The van der Waals surface area contributed by atoms with E-state index in [1.54, 1.807) is 24.3 Å². The summed E-state index contributed by atoms with van der Waals surface area (Å²) < 4.78 is 41.3. The van der Waals surface area contributed by atoms with Crippen molar-refractivity contribution in [2.75, 3.05) is 24.9 Å². The fourth-order valence-corrected chi connectivity index (χ4v) is 2.60. The van der Waals surface area contributed by atoms with Gasteiger partial charge in [0, 0.05) is 18.0 Å². The molecule has 0 aromatic heterocycles. The zero-order chi connectivity index (χ0) is 20.7. The number of anilines is 2. The molecule has 10 heteroatoms. The number of nitriles is 1. The smallest absolute Gasteiger partial charge is 0.294 e. The average Bonchev–Trinajstić information content (AvgIpc) is 2.68. The Bertz CT molecular complexity index is 1040. The maximum Gasteiger partial charge on any atom is 0.294 e. The number of amides is 1. The van der Waals surface area contributed by atoms with Crippen LogP contribution in [-0.4, -0.2) is 33.1 Å². The number of benzene rings is 2. The van der Waals surface area contributed by atoms with E-state index in [0.717, 1.165) is 12.1 Å². The monoisotopic (exact) mass is 403 g/mol. The quantitative estimate of drug-likeness (QED) is 0.364. The highest BCUT2D eigenvalue weighted by atomic mass is 32.2. The molecule has 2 rings (SSSR count). The Morgan fingerprint density at radius 3 is 2.36 bits per heavy atom. The van der Waals surface area contributed by atoms with Crippen LogP contribution in [0.15, 0.2) is 59.1 Å². The molecule has 0 saturated carbocycles. The number of hydrogen-bond acceptors (Lipinski definition) is 7. The van der Waals surface area contributed by atoms with Gasteiger partial charge in [-0.2, -0.15) is 13.7 Å². The first-order chi connectivity index (χ1) is 13.3. The summed E-state index contributed by atoms with van der Waals surface area (Å²) in [5.41, 5.74) is 0.540. The van der Waals surface area contributed by atoms with Crippen LogP contribution in [0.5, 0.6) is 11.5 Å². The third kappa shape index (κ3) is 5.23. The molecule has 28 heavy (non-hydrogen) atoms. The number of nitrogens with one attached hydrogen (secondary N) is 2. The van der Waals surface area contributed by atoms with E-state index in [4.69, 9.17) is 14.0 Å². The molecule has 0 unspecified atom stereocenters. The van der Waals surface area contributed by atoms with E-state index in [9.17, 15) is 18.5 Å². The van der Waals surface area contributed by atoms with Crippen LogP contribution in [0.3, 0.4) is 0 Å². The van der Waals surface area contributed by atoms with Crippen molar-refractivity contribution >= 4 is 27.4 Å². The molecule has 2 aromatic carbocycles. The summed E-state index contributed by atoms with van der Waals surface area (Å²) in [5, 5.41) is 14.5. The Balaban J connectivity index is 2.14. The molecule has 0 aliphatic carbocycles. The van der Waals surface area contributed by atoms with Crippen LogP contribution >= 0.6 is 0 Å². The second-order valence-corrected chi connectivity index (χ2v) is 6.76. The van der Waals surface area contributed by atoms with Crippen LogP contribution in [0.1, 0.15) is 0 Å². The highest BCUT2D eigenvalue weighted by molar-refractivity contribution is 7.85. The summed E-state index contributed by atoms with van der Waals surface area (Å²) >= 11 is 0. The third-order valence-corrected chi connectivity index (χ3v) is 4.42. The molecular formula is C18H17N3O6S. The number of carbonyl (C=O) groups is 1. The molecule has 3 N–H and O–H groups in total. The van der Waals surface area contributed by atoms with Gasteiger partial charge in [0.2, 0.25) is 0 Å². The largest absolute Gasteiger partial charge is 0.497 e. The summed E-state index contributed by atoms with van der Waals surface area (Å²) in [6.07, 6.45) is 1.21. The van der Waals surface area contributed by atoms with Gasteiger partial charge in [-0.1, -0.05) is 0 Å². The summed E-state index contributed by atoms with van der Waals surface area (Å²) in [6.45, 7) is 0. The lowest BCUT2D eigenvalue weighted by Gasteiger charge is -2.10. The van der Waals surface area contributed by atoms with Gasteiger partial charge in [0.05, 0.1) is 24.8 Å². The standard InChI is InChI=1S/C18H17N3O6S/c1-26-14-5-8-16(17(9-14)27-2)20-11-12(10-19)18(22)21-13-3-6-15(7-4-13)28(23,24)25/h3-9,11,20H,1-2H3,(H,21,22)(H,23,24,25)/b12-11-. The average molecular weight is 403 g/mol. The minimum Gasteiger partial charge on any atom is -0.497 e. The fourth-order valence-electron chi connectivity index (χ4n) is 2.12. The van der Waals surface area contributed by atoms with Gasteiger partial charge < -0.3 is 20.1 Å². The van der Waals surface area contributed by atoms with E-state index in [-0.39, 0.29) is 16.2 Å². The van der Waals surface area contributed by atoms with E-state index in [1.165, 1.54) is 32.6 Å². The van der Waals surface area contributed by atoms with Crippen molar-refractivity contribution < 1.29 is 27.2 Å². The van der Waals surface area contributed by atoms with Crippen molar-refractivity contribution in [1.29, 1.82) is 5.26 Å². The predicted octanol–water partition coefficient (Wildman–Crippen LogP) is 2.41. The SMILES string of the molecule is COc1ccc(N/C=C(/C#N)C(=O)Nc2ccc(S(=O)(=O)O)cc2)c(OC)c1. The van der Waals surface area contributed by atoms with Gasteiger partial charge in [-0.15, -0.1) is 0 Å². The molecule has 9 nitrogen and oxygen atoms in total. The van der Waals surface area contributed by atoms with E-state index < -0.39 is 16.0 Å². The van der Waals surface area contributed by atoms with Crippen LogP contribution in [0.25, 0.3) is 0 Å². The summed E-state index contributed by atoms with van der Waals surface area (Å²) in [6, 6.07) is 11.6. The Kier molecular flexibility index (Phi) is 6.59. The lowest BCUT2D eigenvalue weighted by molar-refractivity contribution is -0.112. The highest BCUT2D eigenvalue weighted by Gasteiger charge is 2.12. The lowest BCUT2D eigenvalue weighted by atomic mass is 10.2. The van der Waals surface area contributed by atoms with Gasteiger partial charge in [0.15, 0.2) is 0 Å². The topological polar surface area (TPSA) is 138 Å². The van der Waals surface area contributed by atoms with Crippen molar-refractivity contribution in [2.45, 2.75) is 4.90 Å². The van der Waals surface area contributed by atoms with E-state index in [2.05, 4.69) is 10.6 Å². The molecule has 0 spiro atoms. The zero-order valence-electron chi connectivity index (χ0n) is 15.0. The molecule has 146 valence electrons. The molecule has 0 aliphatic heterocycles. The van der Waals surface area contributed by atoms with Crippen LogP contribution in [0.2, 0.25) is 0 Å². The van der Waals surface area contributed by atoms with Gasteiger partial charge >= 0.3 is 0 Å². The van der Waals surface area contributed by atoms with Gasteiger partial charge in [-0.25, -0.2) is 0 Å². The van der Waals surface area contributed by atoms with Crippen LogP contribution < -0.4 is 20.1 Å². The number of rotatable bonds is 7. The molecule has 0 heterocycles. The molecule has 0 bridgehead atoms. The van der Waals surface area contributed by atoms with Crippen molar-refractivity contribution in [2.24, 2.45) is 0 Å². The normalized spacial score (nSPS) is 11.3. The molecule has 2 aromatic rings. The van der Waals surface area contributed by atoms with Crippen LogP contribution in [0.4, 0.5) is 11.4 Å². The van der Waals surface area contributed by atoms with Gasteiger partial charge in [0.25, 0.3) is 16.0 Å². The number of carbonyl (C=O) groups excluding carboxylic acids is 1. The number of methoxy groups -OCH3 is 2. The van der Waals surface area contributed by atoms with E-state index in [1.807, 2.05) is 0 Å². The summed E-state index contributed by atoms with van der Waals surface area (Å²) in [5.74, 6) is 0.328. The van der Waals surface area contributed by atoms with Crippen molar-refractivity contribution in [3.8, 4) is 17.6 Å². The Labute approximate surface area is 161 Å². The molecule has 1 amide bonds. The molecule has 0 radical (unpaired) electrons. The van der Waals surface area contributed by atoms with Crippen LogP contribution in [0, 0.1) is 11.3 Å². The van der Waals surface area contributed by atoms with Crippen molar-refractivity contribution in [1.82, 2.24) is 0 Å². The first-order valence-electron chi connectivity index (χ1n) is 7.76. The fraction of sp³-hybridized carbons (Fsp3) is 0.111. The molecule has 0 aliphatic rings. The Hall–Kier alpha value is -3.55. The zero-order valence-corrected chi connectivity index (χ0v) is 15.8. The van der Waals surface area contributed by atoms with E-state index in [0.29, 0.717) is 17.2 Å². The maximum absolute atomic E-state index is 12.2. The summed E-state index contributed by atoms with van der Waals surface area (Å²) in [7, 11) is -1.34. The lowest BCUT2D eigenvalue weighted by Crippen LogP contribution is -2.14. The predicted molar refractivity (Wildman–Crippen MR) is 102 cm³/mol. The summed E-state index contributed by atoms with van der Waals surface area (Å²) in [4.78, 5) is 11.9. The van der Waals surface area contributed by atoms with Gasteiger partial charge in [-0.3, -0.25) is 9.35 Å². The minimum atomic E-state index is -4.33. The highest BCUT2D eigenvalue weighted by Crippen LogP contribution is 2.29.